The number of aliphatic hydroxyl groups is 1. The van der Waals surface area contributed by atoms with Gasteiger partial charge in [0, 0.05) is 24.8 Å². The van der Waals surface area contributed by atoms with Crippen LogP contribution in [0.4, 0.5) is 0 Å². The van der Waals surface area contributed by atoms with Crippen molar-refractivity contribution in [3.05, 3.63) is 33.8 Å². The van der Waals surface area contributed by atoms with Crippen molar-refractivity contribution in [1.29, 1.82) is 0 Å². The maximum atomic E-state index is 12.1. The van der Waals surface area contributed by atoms with Crippen molar-refractivity contribution in [3.63, 3.8) is 0 Å². The number of amides is 1. The highest BCUT2D eigenvalue weighted by molar-refractivity contribution is 7.88. The molecule has 25 heavy (non-hydrogen) atoms. The number of benzene rings is 1. The van der Waals surface area contributed by atoms with E-state index in [1.54, 1.807) is 12.1 Å². The molecule has 1 amide bonds. The number of aliphatic hydroxyl groups excluding tert-OH is 1. The van der Waals surface area contributed by atoms with Gasteiger partial charge >= 0.3 is 0 Å². The largest absolute Gasteiger partial charge is 0.394 e. The molecular weight excluding hydrogens is 395 g/mol. The van der Waals surface area contributed by atoms with Gasteiger partial charge in [0.05, 0.1) is 24.4 Å². The minimum atomic E-state index is -3.68. The van der Waals surface area contributed by atoms with Crippen LogP contribution in [0, 0.1) is 0 Å². The van der Waals surface area contributed by atoms with Crippen LogP contribution in [0.5, 0.6) is 0 Å². The lowest BCUT2D eigenvalue weighted by atomic mass is 10.1. The van der Waals surface area contributed by atoms with Crippen LogP contribution in [-0.4, -0.2) is 59.1 Å². The molecule has 0 saturated heterocycles. The number of carbonyl (C=O) groups excluding carboxylic acids is 1. The minimum Gasteiger partial charge on any atom is -0.394 e. The summed E-state index contributed by atoms with van der Waals surface area (Å²) >= 11 is 12.0. The first kappa shape index (κ1) is 22.1. The molecule has 0 aromatic heterocycles. The molecule has 1 atom stereocenters. The van der Waals surface area contributed by atoms with E-state index in [-0.39, 0.29) is 11.6 Å². The van der Waals surface area contributed by atoms with Crippen LogP contribution in [0.25, 0.3) is 0 Å². The van der Waals surface area contributed by atoms with Gasteiger partial charge < -0.3 is 19.9 Å². The first-order valence-corrected chi connectivity index (χ1v) is 9.65. The average Bonchev–Trinajstić information content (AvgIpc) is 2.54. The van der Waals surface area contributed by atoms with Gasteiger partial charge in [-0.05, 0) is 12.1 Å². The lowest BCUT2D eigenvalue weighted by molar-refractivity contribution is -0.212. The predicted molar refractivity (Wildman–Crippen MR) is 94.0 cm³/mol. The smallest absolute Gasteiger partial charge is 0.240 e. The summed E-state index contributed by atoms with van der Waals surface area (Å²) in [4.78, 5) is 12.1. The highest BCUT2D eigenvalue weighted by atomic mass is 35.5. The Labute approximate surface area is 156 Å². The van der Waals surface area contributed by atoms with Crippen LogP contribution >= 0.6 is 23.2 Å². The van der Waals surface area contributed by atoms with E-state index in [0.29, 0.717) is 10.6 Å². The predicted octanol–water partition coefficient (Wildman–Crippen LogP) is 0.465. The topological polar surface area (TPSA) is 114 Å². The van der Waals surface area contributed by atoms with Crippen molar-refractivity contribution in [2.75, 3.05) is 33.6 Å². The second-order valence-electron chi connectivity index (χ2n) is 5.13. The van der Waals surface area contributed by atoms with Crippen molar-refractivity contribution in [2.45, 2.75) is 11.8 Å². The summed E-state index contributed by atoms with van der Waals surface area (Å²) in [5, 5.41) is 12.4. The van der Waals surface area contributed by atoms with E-state index in [1.165, 1.54) is 20.3 Å². The van der Waals surface area contributed by atoms with Gasteiger partial charge in [-0.25, -0.2) is 13.1 Å². The zero-order valence-electron chi connectivity index (χ0n) is 13.9. The van der Waals surface area contributed by atoms with E-state index >= 15 is 0 Å². The Kier molecular flexibility index (Phi) is 8.07. The lowest BCUT2D eigenvalue weighted by Crippen LogP contribution is -2.52. The van der Waals surface area contributed by atoms with Gasteiger partial charge in [0.1, 0.15) is 6.04 Å². The summed E-state index contributed by atoms with van der Waals surface area (Å²) in [5.74, 6) is -2.18. The van der Waals surface area contributed by atoms with Crippen molar-refractivity contribution >= 4 is 39.1 Å². The molecule has 0 saturated carbocycles. The average molecular weight is 415 g/mol. The summed E-state index contributed by atoms with van der Waals surface area (Å²) in [5.41, 5.74) is 0.417. The molecule has 0 aliphatic heterocycles. The van der Waals surface area contributed by atoms with Crippen LogP contribution in [0.3, 0.4) is 0 Å². The zero-order chi connectivity index (χ0) is 19.3. The molecule has 0 aliphatic carbocycles. The summed E-state index contributed by atoms with van der Waals surface area (Å²) in [6, 6.07) is 3.32. The highest BCUT2D eigenvalue weighted by Crippen LogP contribution is 2.33. The fourth-order valence-corrected chi connectivity index (χ4v) is 3.35. The van der Waals surface area contributed by atoms with Crippen LogP contribution in [0.1, 0.15) is 5.56 Å². The van der Waals surface area contributed by atoms with Gasteiger partial charge in [0.2, 0.25) is 21.7 Å². The monoisotopic (exact) mass is 414 g/mol. The molecule has 1 aromatic rings. The van der Waals surface area contributed by atoms with Gasteiger partial charge in [-0.15, -0.1) is 0 Å². The van der Waals surface area contributed by atoms with Gasteiger partial charge in [-0.3, -0.25) is 4.79 Å². The second-order valence-corrected chi connectivity index (χ2v) is 7.75. The normalized spacial score (nSPS) is 13.5. The van der Waals surface area contributed by atoms with Crippen LogP contribution in [0.2, 0.25) is 10.0 Å². The van der Waals surface area contributed by atoms with Crippen LogP contribution in [-0.2, 0) is 30.1 Å². The number of carbonyl (C=O) groups is 1. The van der Waals surface area contributed by atoms with Crippen LogP contribution in [0.15, 0.2) is 18.2 Å². The van der Waals surface area contributed by atoms with Crippen molar-refractivity contribution in [2.24, 2.45) is 0 Å². The molecule has 8 nitrogen and oxygen atoms in total. The SMILES string of the molecule is COC(CNC(=O)C(CO)NS(C)(=O)=O)(OC)c1ccc(Cl)cc1Cl. The second kappa shape index (κ2) is 9.13. The molecule has 0 fully saturated rings. The van der Waals surface area contributed by atoms with Crippen molar-refractivity contribution in [1.82, 2.24) is 10.0 Å². The number of sulfonamides is 1. The van der Waals surface area contributed by atoms with Gasteiger partial charge in [0.25, 0.3) is 0 Å². The molecule has 11 heteroatoms. The Bertz CT molecular complexity index is 709. The lowest BCUT2D eigenvalue weighted by Gasteiger charge is -2.32. The quantitative estimate of drug-likeness (QED) is 0.505. The Morgan fingerprint density at radius 3 is 2.36 bits per heavy atom. The van der Waals surface area contributed by atoms with Crippen LogP contribution < -0.4 is 10.0 Å². The number of hydrogen-bond acceptors (Lipinski definition) is 6. The molecule has 0 spiro atoms. The first-order valence-electron chi connectivity index (χ1n) is 7.00. The van der Waals surface area contributed by atoms with E-state index in [2.05, 4.69) is 5.32 Å². The van der Waals surface area contributed by atoms with Gasteiger partial charge in [0.15, 0.2) is 0 Å². The maximum Gasteiger partial charge on any atom is 0.240 e. The number of methoxy groups -OCH3 is 2. The third kappa shape index (κ3) is 6.07. The summed E-state index contributed by atoms with van der Waals surface area (Å²) < 4.78 is 35.3. The standard InChI is InChI=1S/C14H20Cl2N2O6S/c1-23-14(24-2,10-5-4-9(15)6-11(10)16)8-17-13(20)12(7-19)18-25(3,21)22/h4-6,12,18-19H,7-8H2,1-3H3,(H,17,20). The van der Waals surface area contributed by atoms with Gasteiger partial charge in [-0.1, -0.05) is 29.3 Å². The van der Waals surface area contributed by atoms with E-state index in [9.17, 15) is 18.3 Å². The molecule has 0 heterocycles. The highest BCUT2D eigenvalue weighted by Gasteiger charge is 2.36. The Morgan fingerprint density at radius 1 is 1.32 bits per heavy atom. The summed E-state index contributed by atoms with van der Waals surface area (Å²) in [6.07, 6.45) is 0.880. The Hall–Kier alpha value is -0.940. The number of ether oxygens (including phenoxy) is 2. The summed E-state index contributed by atoms with van der Waals surface area (Å²) in [6.45, 7) is -0.907. The molecule has 1 rings (SSSR count). The molecular formula is C14H20Cl2N2O6S. The first-order chi connectivity index (χ1) is 11.6. The third-order valence-corrected chi connectivity index (χ3v) is 4.61. The molecule has 1 unspecified atom stereocenters. The molecule has 0 aliphatic rings. The molecule has 3 N–H and O–H groups in total. The van der Waals surface area contributed by atoms with Gasteiger partial charge in [-0.2, -0.15) is 0 Å². The number of rotatable bonds is 9. The van der Waals surface area contributed by atoms with Crippen molar-refractivity contribution in [3.8, 4) is 0 Å². The summed E-state index contributed by atoms with van der Waals surface area (Å²) in [7, 11) is -0.958. The molecule has 1 aromatic carbocycles. The fraction of sp³-hybridized carbons (Fsp3) is 0.500. The number of nitrogens with one attached hydrogen (secondary N) is 2. The molecule has 0 bridgehead atoms. The van der Waals surface area contributed by atoms with E-state index in [1.807, 2.05) is 4.72 Å². The minimum absolute atomic E-state index is 0.192. The van der Waals surface area contributed by atoms with E-state index in [4.69, 9.17) is 32.7 Å². The molecule has 142 valence electrons. The Balaban J connectivity index is 3.00. The van der Waals surface area contributed by atoms with E-state index < -0.39 is 34.4 Å². The third-order valence-electron chi connectivity index (χ3n) is 3.35. The van der Waals surface area contributed by atoms with Crippen molar-refractivity contribution < 1.29 is 27.8 Å². The number of hydrogen-bond donors (Lipinski definition) is 3. The van der Waals surface area contributed by atoms with E-state index in [0.717, 1.165) is 6.26 Å². The number of halogens is 2. The zero-order valence-corrected chi connectivity index (χ0v) is 16.2. The maximum absolute atomic E-state index is 12.1. The molecule has 0 radical (unpaired) electrons. The Morgan fingerprint density at radius 2 is 1.92 bits per heavy atom. The fourth-order valence-electron chi connectivity index (χ4n) is 2.10.